The molecule has 2 atom stereocenters. The maximum Gasteiger partial charge on any atom is 0.220 e. The zero-order valence-corrected chi connectivity index (χ0v) is 13.3. The highest BCUT2D eigenvalue weighted by atomic mass is 35.5. The van der Waals surface area contributed by atoms with E-state index in [-0.39, 0.29) is 17.3 Å². The fourth-order valence-electron chi connectivity index (χ4n) is 3.04. The van der Waals surface area contributed by atoms with Crippen molar-refractivity contribution in [3.05, 3.63) is 11.5 Å². The quantitative estimate of drug-likeness (QED) is 0.883. The number of alkyl halides is 1. The summed E-state index contributed by atoms with van der Waals surface area (Å²) >= 11 is 6.33. The number of aromatic nitrogens is 4. The van der Waals surface area contributed by atoms with Gasteiger partial charge in [0.2, 0.25) is 5.91 Å². The molecule has 0 aliphatic carbocycles. The molecule has 0 radical (unpaired) electrons. The van der Waals surface area contributed by atoms with Crippen LogP contribution < -0.4 is 5.32 Å². The molecule has 0 aromatic carbocycles. The molecule has 21 heavy (non-hydrogen) atoms. The van der Waals surface area contributed by atoms with Crippen molar-refractivity contribution in [1.82, 2.24) is 24.6 Å². The SMILES string of the molecule is CCc1nn(C)c2c1nc(C(C)Cl)n2C1CCC(=O)NC1. The fourth-order valence-corrected chi connectivity index (χ4v) is 3.19. The first kappa shape index (κ1) is 14.4. The number of nitrogens with one attached hydrogen (secondary N) is 1. The summed E-state index contributed by atoms with van der Waals surface area (Å²) in [7, 11) is 1.93. The van der Waals surface area contributed by atoms with Gasteiger partial charge in [0, 0.05) is 20.0 Å². The molecule has 2 unspecified atom stereocenters. The molecule has 2 aromatic heterocycles. The van der Waals surface area contributed by atoms with E-state index in [1.54, 1.807) is 0 Å². The van der Waals surface area contributed by atoms with Crippen LogP contribution in [0.4, 0.5) is 0 Å². The van der Waals surface area contributed by atoms with Crippen molar-refractivity contribution < 1.29 is 4.79 Å². The van der Waals surface area contributed by atoms with Gasteiger partial charge in [-0.2, -0.15) is 5.10 Å². The van der Waals surface area contributed by atoms with Crippen LogP contribution in [-0.4, -0.2) is 31.8 Å². The number of hydrogen-bond donors (Lipinski definition) is 1. The molecule has 1 amide bonds. The lowest BCUT2D eigenvalue weighted by atomic mass is 10.1. The summed E-state index contributed by atoms with van der Waals surface area (Å²) in [6.07, 6.45) is 2.19. The van der Waals surface area contributed by atoms with E-state index in [2.05, 4.69) is 21.9 Å². The Bertz CT molecular complexity index is 677. The largest absolute Gasteiger partial charge is 0.354 e. The van der Waals surface area contributed by atoms with Gasteiger partial charge >= 0.3 is 0 Å². The van der Waals surface area contributed by atoms with Gasteiger partial charge in [-0.05, 0) is 19.8 Å². The van der Waals surface area contributed by atoms with E-state index in [1.165, 1.54) is 0 Å². The molecule has 1 N–H and O–H groups in total. The Labute approximate surface area is 128 Å². The molecule has 1 saturated heterocycles. The highest BCUT2D eigenvalue weighted by Gasteiger charge is 2.28. The van der Waals surface area contributed by atoms with Gasteiger partial charge in [0.15, 0.2) is 5.65 Å². The average Bonchev–Trinajstić information content (AvgIpc) is 2.98. The zero-order valence-electron chi connectivity index (χ0n) is 12.6. The van der Waals surface area contributed by atoms with Gasteiger partial charge in [-0.1, -0.05) is 6.92 Å². The van der Waals surface area contributed by atoms with Crippen LogP contribution in [0.25, 0.3) is 11.2 Å². The Morgan fingerprint density at radius 2 is 2.29 bits per heavy atom. The van der Waals surface area contributed by atoms with E-state index in [9.17, 15) is 4.79 Å². The van der Waals surface area contributed by atoms with Crippen LogP contribution in [0.1, 0.15) is 49.6 Å². The van der Waals surface area contributed by atoms with Crippen LogP contribution in [0.2, 0.25) is 0 Å². The summed E-state index contributed by atoms with van der Waals surface area (Å²) in [6, 6.07) is 0.184. The van der Waals surface area contributed by atoms with Crippen molar-refractivity contribution in [2.45, 2.75) is 44.5 Å². The van der Waals surface area contributed by atoms with E-state index in [0.717, 1.165) is 35.5 Å². The fraction of sp³-hybridized carbons (Fsp3) is 0.643. The van der Waals surface area contributed by atoms with E-state index in [4.69, 9.17) is 16.6 Å². The van der Waals surface area contributed by atoms with Gasteiger partial charge in [0.1, 0.15) is 11.3 Å². The summed E-state index contributed by atoms with van der Waals surface area (Å²) in [4.78, 5) is 16.1. The second-order valence-electron chi connectivity index (χ2n) is 5.55. The van der Waals surface area contributed by atoms with Crippen LogP contribution in [-0.2, 0) is 18.3 Å². The van der Waals surface area contributed by atoms with Crippen LogP contribution in [0, 0.1) is 0 Å². The molecule has 114 valence electrons. The summed E-state index contributed by atoms with van der Waals surface area (Å²) in [6.45, 7) is 4.62. The first-order valence-corrected chi connectivity index (χ1v) is 7.81. The first-order valence-electron chi connectivity index (χ1n) is 7.37. The van der Waals surface area contributed by atoms with Gasteiger partial charge in [-0.3, -0.25) is 9.48 Å². The Morgan fingerprint density at radius 1 is 1.52 bits per heavy atom. The normalized spacial score (nSPS) is 20.8. The minimum Gasteiger partial charge on any atom is -0.354 e. The molecule has 1 aliphatic rings. The van der Waals surface area contributed by atoms with Crippen molar-refractivity contribution in [3.8, 4) is 0 Å². The van der Waals surface area contributed by atoms with Crippen LogP contribution >= 0.6 is 11.6 Å². The van der Waals surface area contributed by atoms with Crippen LogP contribution in [0.5, 0.6) is 0 Å². The molecule has 3 heterocycles. The number of rotatable bonds is 3. The Morgan fingerprint density at radius 3 is 2.86 bits per heavy atom. The molecule has 0 spiro atoms. The third-order valence-electron chi connectivity index (χ3n) is 4.06. The lowest BCUT2D eigenvalue weighted by Gasteiger charge is -2.26. The summed E-state index contributed by atoms with van der Waals surface area (Å²) < 4.78 is 4.04. The highest BCUT2D eigenvalue weighted by molar-refractivity contribution is 6.20. The molecule has 6 nitrogen and oxygen atoms in total. The lowest BCUT2D eigenvalue weighted by Crippen LogP contribution is -2.36. The maximum atomic E-state index is 11.4. The topological polar surface area (TPSA) is 64.7 Å². The lowest BCUT2D eigenvalue weighted by molar-refractivity contribution is -0.122. The molecular formula is C14H20ClN5O. The van der Waals surface area contributed by atoms with Crippen molar-refractivity contribution in [3.63, 3.8) is 0 Å². The minimum atomic E-state index is -0.181. The predicted octanol–water partition coefficient (Wildman–Crippen LogP) is 2.08. The van der Waals surface area contributed by atoms with E-state index in [1.807, 2.05) is 18.7 Å². The number of amides is 1. The second kappa shape index (κ2) is 5.33. The van der Waals surface area contributed by atoms with Crippen molar-refractivity contribution in [1.29, 1.82) is 0 Å². The van der Waals surface area contributed by atoms with E-state index in [0.29, 0.717) is 13.0 Å². The number of piperidine rings is 1. The third-order valence-corrected chi connectivity index (χ3v) is 4.25. The molecule has 1 fully saturated rings. The van der Waals surface area contributed by atoms with Crippen LogP contribution in [0.3, 0.4) is 0 Å². The monoisotopic (exact) mass is 309 g/mol. The third kappa shape index (κ3) is 2.31. The summed E-state index contributed by atoms with van der Waals surface area (Å²) in [5.74, 6) is 0.970. The number of carbonyl (C=O) groups is 1. The molecule has 7 heteroatoms. The van der Waals surface area contributed by atoms with Gasteiger partial charge in [-0.15, -0.1) is 11.6 Å². The Kier molecular flexibility index (Phi) is 3.65. The van der Waals surface area contributed by atoms with Crippen LogP contribution in [0.15, 0.2) is 0 Å². The molecular weight excluding hydrogens is 290 g/mol. The smallest absolute Gasteiger partial charge is 0.220 e. The predicted molar refractivity (Wildman–Crippen MR) is 81.4 cm³/mol. The number of fused-ring (bicyclic) bond motifs is 1. The molecule has 0 bridgehead atoms. The second-order valence-corrected chi connectivity index (χ2v) is 6.20. The molecule has 1 aliphatic heterocycles. The molecule has 2 aromatic rings. The Balaban J connectivity index is 2.16. The standard InChI is InChI=1S/C14H20ClN5O/c1-4-10-12-14(19(3)18-10)20(13(17-12)8(2)15)9-5-6-11(21)16-7-9/h8-9H,4-7H2,1-3H3,(H,16,21). The molecule has 0 saturated carbocycles. The van der Waals surface area contributed by atoms with Gasteiger partial charge < -0.3 is 9.88 Å². The van der Waals surface area contributed by atoms with Gasteiger partial charge in [-0.25, -0.2) is 4.98 Å². The van der Waals surface area contributed by atoms with Crippen molar-refractivity contribution in [2.24, 2.45) is 7.05 Å². The number of imidazole rings is 1. The Hall–Kier alpha value is -1.56. The maximum absolute atomic E-state index is 11.4. The number of nitrogens with zero attached hydrogens (tertiary/aromatic N) is 4. The highest BCUT2D eigenvalue weighted by Crippen LogP contribution is 2.32. The summed E-state index contributed by atoms with van der Waals surface area (Å²) in [5.41, 5.74) is 2.92. The van der Waals surface area contributed by atoms with E-state index < -0.39 is 0 Å². The van der Waals surface area contributed by atoms with Gasteiger partial charge in [0.25, 0.3) is 0 Å². The average molecular weight is 310 g/mol. The minimum absolute atomic E-state index is 0.113. The van der Waals surface area contributed by atoms with Crippen molar-refractivity contribution >= 4 is 28.7 Å². The van der Waals surface area contributed by atoms with E-state index >= 15 is 0 Å². The number of aryl methyl sites for hydroxylation is 2. The van der Waals surface area contributed by atoms with Crippen molar-refractivity contribution in [2.75, 3.05) is 6.54 Å². The molecule has 3 rings (SSSR count). The van der Waals surface area contributed by atoms with Gasteiger partial charge in [0.05, 0.1) is 17.1 Å². The zero-order chi connectivity index (χ0) is 15.1. The number of hydrogen-bond acceptors (Lipinski definition) is 3. The number of carbonyl (C=O) groups excluding carboxylic acids is 1. The summed E-state index contributed by atoms with van der Waals surface area (Å²) in [5, 5.41) is 7.29. The first-order chi connectivity index (χ1) is 10.0. The number of halogens is 1.